The summed E-state index contributed by atoms with van der Waals surface area (Å²) in [4.78, 5) is 41.1. The van der Waals surface area contributed by atoms with Crippen molar-refractivity contribution in [2.24, 2.45) is 0 Å². The van der Waals surface area contributed by atoms with E-state index in [0.29, 0.717) is 41.3 Å². The Kier molecular flexibility index (Phi) is 10.0. The van der Waals surface area contributed by atoms with Gasteiger partial charge >= 0.3 is 5.97 Å². The summed E-state index contributed by atoms with van der Waals surface area (Å²) in [6.07, 6.45) is 0.779. The van der Waals surface area contributed by atoms with Gasteiger partial charge in [-0.1, -0.05) is 48.0 Å². The van der Waals surface area contributed by atoms with Gasteiger partial charge in [0.2, 0.25) is 5.91 Å². The van der Waals surface area contributed by atoms with Crippen molar-refractivity contribution in [3.05, 3.63) is 106 Å². The van der Waals surface area contributed by atoms with Crippen LogP contribution in [0, 0.1) is 6.92 Å². The lowest BCUT2D eigenvalue weighted by Crippen LogP contribution is -2.38. The van der Waals surface area contributed by atoms with E-state index in [0.717, 1.165) is 22.3 Å². The number of esters is 1. The number of carbonyl (C=O) groups is 3. The van der Waals surface area contributed by atoms with Gasteiger partial charge in [0.05, 0.1) is 32.9 Å². The standard InChI is InChI=1S/C34H38N2O6/c1-6-42-34(39)32-23(3)36(31(37)20-28(32)26-13-10-22(2)11-14-26)21-25-8-7-9-27(18-25)33(38)35-17-16-24-12-15-29(40-4)30(19-24)41-5/h7-15,18-19,28H,6,16-17,20-21H2,1-5H3,(H,35,38). The number of methoxy groups -OCH3 is 2. The van der Waals surface area contributed by atoms with Crippen LogP contribution < -0.4 is 14.8 Å². The monoisotopic (exact) mass is 570 g/mol. The number of rotatable bonds is 11. The first-order valence-corrected chi connectivity index (χ1v) is 14.1. The Morgan fingerprint density at radius 1 is 0.929 bits per heavy atom. The lowest BCUT2D eigenvalue weighted by atomic mass is 9.83. The van der Waals surface area contributed by atoms with Crippen LogP contribution in [0.2, 0.25) is 0 Å². The van der Waals surface area contributed by atoms with Gasteiger partial charge in [-0.05, 0) is 68.1 Å². The molecule has 0 aromatic heterocycles. The van der Waals surface area contributed by atoms with Crippen molar-refractivity contribution in [3.63, 3.8) is 0 Å². The molecule has 0 saturated heterocycles. The number of benzene rings is 3. The molecule has 8 heteroatoms. The molecule has 1 N–H and O–H groups in total. The lowest BCUT2D eigenvalue weighted by molar-refractivity contribution is -0.140. The number of hydrogen-bond acceptors (Lipinski definition) is 6. The van der Waals surface area contributed by atoms with E-state index in [1.54, 1.807) is 51.2 Å². The van der Waals surface area contributed by atoms with Gasteiger partial charge in [-0.3, -0.25) is 9.59 Å². The Bertz CT molecular complexity index is 1480. The van der Waals surface area contributed by atoms with E-state index in [9.17, 15) is 14.4 Å². The molecule has 1 aliphatic heterocycles. The van der Waals surface area contributed by atoms with E-state index in [2.05, 4.69) is 5.32 Å². The van der Waals surface area contributed by atoms with Crippen LogP contribution in [0.5, 0.6) is 11.5 Å². The van der Waals surface area contributed by atoms with Gasteiger partial charge < -0.3 is 24.4 Å². The predicted molar refractivity (Wildman–Crippen MR) is 160 cm³/mol. The van der Waals surface area contributed by atoms with Crippen LogP contribution in [0.4, 0.5) is 0 Å². The normalized spacial score (nSPS) is 14.9. The number of nitrogens with one attached hydrogen (secondary N) is 1. The van der Waals surface area contributed by atoms with E-state index in [-0.39, 0.29) is 37.3 Å². The molecular formula is C34H38N2O6. The summed E-state index contributed by atoms with van der Waals surface area (Å²) < 4.78 is 16.0. The Morgan fingerprint density at radius 2 is 1.67 bits per heavy atom. The fourth-order valence-corrected chi connectivity index (χ4v) is 5.21. The zero-order valence-corrected chi connectivity index (χ0v) is 24.9. The Morgan fingerprint density at radius 3 is 2.36 bits per heavy atom. The van der Waals surface area contributed by atoms with Crippen LogP contribution in [0.25, 0.3) is 0 Å². The van der Waals surface area contributed by atoms with Crippen LogP contribution in [-0.4, -0.2) is 50.1 Å². The first kappa shape index (κ1) is 30.4. The van der Waals surface area contributed by atoms with Crippen molar-refractivity contribution in [1.29, 1.82) is 0 Å². The molecule has 0 bridgehead atoms. The zero-order valence-electron chi connectivity index (χ0n) is 24.9. The molecule has 1 atom stereocenters. The highest BCUT2D eigenvalue weighted by Crippen LogP contribution is 2.38. The summed E-state index contributed by atoms with van der Waals surface area (Å²) >= 11 is 0. The average Bonchev–Trinajstić information content (AvgIpc) is 2.99. The van der Waals surface area contributed by atoms with Gasteiger partial charge in [0.1, 0.15) is 0 Å². The maximum absolute atomic E-state index is 13.4. The number of nitrogens with zero attached hydrogens (tertiary/aromatic N) is 1. The molecule has 0 aliphatic carbocycles. The predicted octanol–water partition coefficient (Wildman–Crippen LogP) is 5.34. The molecular weight excluding hydrogens is 532 g/mol. The van der Waals surface area contributed by atoms with Crippen molar-refractivity contribution in [2.45, 2.75) is 46.1 Å². The van der Waals surface area contributed by atoms with E-state index in [4.69, 9.17) is 14.2 Å². The molecule has 42 heavy (non-hydrogen) atoms. The third-order valence-corrected chi connectivity index (χ3v) is 7.48. The second kappa shape index (κ2) is 13.9. The first-order chi connectivity index (χ1) is 20.2. The quantitative estimate of drug-likeness (QED) is 0.313. The Balaban J connectivity index is 1.48. The van der Waals surface area contributed by atoms with Crippen LogP contribution in [0.3, 0.4) is 0 Å². The molecule has 8 nitrogen and oxygen atoms in total. The summed E-state index contributed by atoms with van der Waals surface area (Å²) in [5, 5.41) is 2.96. The van der Waals surface area contributed by atoms with E-state index >= 15 is 0 Å². The third kappa shape index (κ3) is 7.00. The minimum absolute atomic E-state index is 0.0871. The maximum atomic E-state index is 13.4. The Labute approximate surface area is 247 Å². The number of hydrogen-bond donors (Lipinski definition) is 1. The van der Waals surface area contributed by atoms with E-state index in [1.807, 2.05) is 55.5 Å². The summed E-state index contributed by atoms with van der Waals surface area (Å²) in [6.45, 7) is 6.47. The number of carbonyl (C=O) groups excluding carboxylic acids is 3. The number of amides is 2. The van der Waals surface area contributed by atoms with Gasteiger partial charge in [0.15, 0.2) is 11.5 Å². The van der Waals surface area contributed by atoms with E-state index in [1.165, 1.54) is 0 Å². The summed E-state index contributed by atoms with van der Waals surface area (Å²) in [7, 11) is 3.18. The minimum atomic E-state index is -0.416. The van der Waals surface area contributed by atoms with Gasteiger partial charge in [0, 0.05) is 30.1 Å². The van der Waals surface area contributed by atoms with Crippen LogP contribution in [0.15, 0.2) is 78.0 Å². The number of aryl methyl sites for hydroxylation is 1. The highest BCUT2D eigenvalue weighted by Gasteiger charge is 2.36. The van der Waals surface area contributed by atoms with Crippen molar-refractivity contribution in [1.82, 2.24) is 10.2 Å². The summed E-state index contributed by atoms with van der Waals surface area (Å²) in [6, 6.07) is 20.8. The van der Waals surface area contributed by atoms with Crippen molar-refractivity contribution >= 4 is 17.8 Å². The molecule has 3 aromatic carbocycles. The van der Waals surface area contributed by atoms with Crippen molar-refractivity contribution in [2.75, 3.05) is 27.4 Å². The molecule has 0 radical (unpaired) electrons. The largest absolute Gasteiger partial charge is 0.493 e. The third-order valence-electron chi connectivity index (χ3n) is 7.48. The molecule has 0 saturated carbocycles. The molecule has 4 rings (SSSR count). The van der Waals surface area contributed by atoms with Gasteiger partial charge in [-0.15, -0.1) is 0 Å². The number of ether oxygens (including phenoxy) is 3. The summed E-state index contributed by atoms with van der Waals surface area (Å²) in [5.41, 5.74) is 5.35. The smallest absolute Gasteiger partial charge is 0.336 e. The summed E-state index contributed by atoms with van der Waals surface area (Å²) in [5.74, 6) is 0.204. The molecule has 2 amide bonds. The van der Waals surface area contributed by atoms with Gasteiger partial charge in [-0.25, -0.2) is 4.79 Å². The molecule has 0 spiro atoms. The fourth-order valence-electron chi connectivity index (χ4n) is 5.21. The van der Waals surface area contributed by atoms with Crippen LogP contribution >= 0.6 is 0 Å². The topological polar surface area (TPSA) is 94.2 Å². The first-order valence-electron chi connectivity index (χ1n) is 14.1. The maximum Gasteiger partial charge on any atom is 0.336 e. The van der Waals surface area contributed by atoms with Crippen LogP contribution in [0.1, 0.15) is 58.8 Å². The zero-order chi connectivity index (χ0) is 30.2. The SMILES string of the molecule is CCOC(=O)C1=C(C)N(Cc2cccc(C(=O)NCCc3ccc(OC)c(OC)c3)c2)C(=O)CC1c1ccc(C)cc1. The molecule has 3 aromatic rings. The molecule has 1 heterocycles. The highest BCUT2D eigenvalue weighted by atomic mass is 16.5. The molecule has 1 aliphatic rings. The molecule has 1 unspecified atom stereocenters. The van der Waals surface area contributed by atoms with Crippen molar-refractivity contribution in [3.8, 4) is 11.5 Å². The minimum Gasteiger partial charge on any atom is -0.493 e. The number of allylic oxidation sites excluding steroid dienone is 1. The van der Waals surface area contributed by atoms with Crippen LogP contribution in [-0.2, 0) is 27.3 Å². The lowest BCUT2D eigenvalue weighted by Gasteiger charge is -2.34. The Hall–Kier alpha value is -4.59. The average molecular weight is 571 g/mol. The molecule has 220 valence electrons. The van der Waals surface area contributed by atoms with Gasteiger partial charge in [0.25, 0.3) is 5.91 Å². The second-order valence-electron chi connectivity index (χ2n) is 10.3. The van der Waals surface area contributed by atoms with Crippen molar-refractivity contribution < 1.29 is 28.6 Å². The van der Waals surface area contributed by atoms with E-state index < -0.39 is 5.97 Å². The molecule has 0 fully saturated rings. The highest BCUT2D eigenvalue weighted by molar-refractivity contribution is 5.96. The second-order valence-corrected chi connectivity index (χ2v) is 10.3. The fraction of sp³-hybridized carbons (Fsp3) is 0.324. The van der Waals surface area contributed by atoms with Gasteiger partial charge in [-0.2, -0.15) is 0 Å².